The van der Waals surface area contributed by atoms with E-state index < -0.39 is 0 Å². The standard InChI is InChI=1S/C17H23NS/c1-2-13-19-14-12-18-17-11-7-6-10-16(17)15-8-4-3-5-9-15/h1,3-5,8-9,16-18H,6-7,10-14H2. The van der Waals surface area contributed by atoms with Gasteiger partial charge in [0, 0.05) is 18.3 Å². The molecule has 0 radical (unpaired) electrons. The third kappa shape index (κ3) is 4.60. The zero-order chi connectivity index (χ0) is 13.3. The maximum atomic E-state index is 5.26. The van der Waals surface area contributed by atoms with Crippen molar-refractivity contribution in [2.45, 2.75) is 37.6 Å². The van der Waals surface area contributed by atoms with Crippen molar-refractivity contribution in [3.05, 3.63) is 35.9 Å². The van der Waals surface area contributed by atoms with Gasteiger partial charge in [0.15, 0.2) is 0 Å². The second-order valence-electron chi connectivity index (χ2n) is 5.12. The molecule has 0 heterocycles. The largest absolute Gasteiger partial charge is 0.313 e. The molecule has 1 aliphatic rings. The highest BCUT2D eigenvalue weighted by molar-refractivity contribution is 7.99. The van der Waals surface area contributed by atoms with Gasteiger partial charge >= 0.3 is 0 Å². The normalized spacial score (nSPS) is 22.9. The second kappa shape index (κ2) is 8.30. The number of nitrogens with one attached hydrogen (secondary N) is 1. The van der Waals surface area contributed by atoms with Gasteiger partial charge in [-0.05, 0) is 24.3 Å². The van der Waals surface area contributed by atoms with Crippen molar-refractivity contribution >= 4 is 11.8 Å². The van der Waals surface area contributed by atoms with Crippen LogP contribution in [0.15, 0.2) is 30.3 Å². The summed E-state index contributed by atoms with van der Waals surface area (Å²) in [4.78, 5) is 0. The van der Waals surface area contributed by atoms with E-state index >= 15 is 0 Å². The Bertz CT molecular complexity index is 395. The van der Waals surface area contributed by atoms with E-state index in [1.807, 2.05) is 11.8 Å². The summed E-state index contributed by atoms with van der Waals surface area (Å²) < 4.78 is 0. The molecular weight excluding hydrogens is 250 g/mol. The molecule has 0 aromatic heterocycles. The van der Waals surface area contributed by atoms with Crippen molar-refractivity contribution in [2.24, 2.45) is 0 Å². The molecule has 0 saturated heterocycles. The Labute approximate surface area is 121 Å². The van der Waals surface area contributed by atoms with Crippen LogP contribution in [0.25, 0.3) is 0 Å². The number of hydrogen-bond acceptors (Lipinski definition) is 2. The van der Waals surface area contributed by atoms with Crippen LogP contribution in [0.5, 0.6) is 0 Å². The van der Waals surface area contributed by atoms with E-state index in [1.165, 1.54) is 31.2 Å². The number of thioether (sulfide) groups is 1. The van der Waals surface area contributed by atoms with E-state index in [9.17, 15) is 0 Å². The Morgan fingerprint density at radius 1 is 1.21 bits per heavy atom. The van der Waals surface area contributed by atoms with Gasteiger partial charge in [-0.15, -0.1) is 18.2 Å². The third-order valence-electron chi connectivity index (χ3n) is 3.83. The Morgan fingerprint density at radius 2 is 2.00 bits per heavy atom. The van der Waals surface area contributed by atoms with E-state index in [2.05, 4.69) is 41.6 Å². The van der Waals surface area contributed by atoms with Crippen LogP contribution in [0.4, 0.5) is 0 Å². The molecule has 1 aromatic carbocycles. The average Bonchev–Trinajstić information content (AvgIpc) is 2.48. The van der Waals surface area contributed by atoms with Gasteiger partial charge in [0.25, 0.3) is 0 Å². The monoisotopic (exact) mass is 273 g/mol. The van der Waals surface area contributed by atoms with Crippen LogP contribution in [-0.4, -0.2) is 24.1 Å². The summed E-state index contributed by atoms with van der Waals surface area (Å²) in [6.45, 7) is 1.07. The SMILES string of the molecule is C#CCSCCNC1CCCCC1c1ccccc1. The van der Waals surface area contributed by atoms with Crippen molar-refractivity contribution in [1.82, 2.24) is 5.32 Å². The van der Waals surface area contributed by atoms with Gasteiger partial charge in [-0.1, -0.05) is 49.1 Å². The smallest absolute Gasteiger partial charge is 0.0545 e. The first-order valence-electron chi connectivity index (χ1n) is 7.21. The fourth-order valence-corrected chi connectivity index (χ4v) is 3.45. The molecule has 1 fully saturated rings. The van der Waals surface area contributed by atoms with E-state index in [-0.39, 0.29) is 0 Å². The summed E-state index contributed by atoms with van der Waals surface area (Å²) in [5.74, 6) is 5.30. The fraction of sp³-hybridized carbons (Fsp3) is 0.529. The molecule has 0 amide bonds. The molecule has 0 spiro atoms. The predicted octanol–water partition coefficient (Wildman–Crippen LogP) is 3.67. The summed E-state index contributed by atoms with van der Waals surface area (Å²) in [6.07, 6.45) is 10.6. The van der Waals surface area contributed by atoms with Crippen LogP contribution in [0.2, 0.25) is 0 Å². The first-order valence-corrected chi connectivity index (χ1v) is 8.37. The maximum absolute atomic E-state index is 5.26. The lowest BCUT2D eigenvalue weighted by molar-refractivity contribution is 0.333. The van der Waals surface area contributed by atoms with Crippen molar-refractivity contribution in [2.75, 3.05) is 18.1 Å². The van der Waals surface area contributed by atoms with Crippen molar-refractivity contribution in [1.29, 1.82) is 0 Å². The van der Waals surface area contributed by atoms with E-state index in [0.717, 1.165) is 18.1 Å². The van der Waals surface area contributed by atoms with Crippen LogP contribution in [-0.2, 0) is 0 Å². The number of rotatable bonds is 6. The van der Waals surface area contributed by atoms with Crippen LogP contribution < -0.4 is 5.32 Å². The molecule has 0 bridgehead atoms. The summed E-state index contributed by atoms with van der Waals surface area (Å²) in [7, 11) is 0. The quantitative estimate of drug-likeness (QED) is 0.627. The van der Waals surface area contributed by atoms with Gasteiger partial charge in [0.1, 0.15) is 0 Å². The summed E-state index contributed by atoms with van der Waals surface area (Å²) in [6, 6.07) is 11.6. The first-order chi connectivity index (χ1) is 9.42. The first kappa shape index (κ1) is 14.5. The fourth-order valence-electron chi connectivity index (χ4n) is 2.92. The molecular formula is C17H23NS. The van der Waals surface area contributed by atoms with Crippen molar-refractivity contribution in [3.8, 4) is 12.3 Å². The molecule has 2 heteroatoms. The summed E-state index contributed by atoms with van der Waals surface area (Å²) >= 11 is 1.84. The molecule has 1 saturated carbocycles. The lowest BCUT2D eigenvalue weighted by Gasteiger charge is -2.32. The predicted molar refractivity (Wildman–Crippen MR) is 85.6 cm³/mol. The minimum atomic E-state index is 0.641. The van der Waals surface area contributed by atoms with E-state index in [1.54, 1.807) is 0 Å². The third-order valence-corrected chi connectivity index (χ3v) is 4.70. The Kier molecular flexibility index (Phi) is 6.33. The molecule has 2 atom stereocenters. The van der Waals surface area contributed by atoms with Gasteiger partial charge in [0.05, 0.1) is 5.75 Å². The minimum Gasteiger partial charge on any atom is -0.313 e. The molecule has 1 aliphatic carbocycles. The lowest BCUT2D eigenvalue weighted by Crippen LogP contribution is -2.38. The molecule has 1 N–H and O–H groups in total. The van der Waals surface area contributed by atoms with Crippen LogP contribution >= 0.6 is 11.8 Å². The van der Waals surface area contributed by atoms with Gasteiger partial charge in [-0.3, -0.25) is 0 Å². The minimum absolute atomic E-state index is 0.641. The van der Waals surface area contributed by atoms with Crippen molar-refractivity contribution < 1.29 is 0 Å². The van der Waals surface area contributed by atoms with E-state index in [4.69, 9.17) is 6.42 Å². The van der Waals surface area contributed by atoms with E-state index in [0.29, 0.717) is 12.0 Å². The van der Waals surface area contributed by atoms with Crippen LogP contribution in [0, 0.1) is 12.3 Å². The molecule has 0 aliphatic heterocycles. The lowest BCUT2D eigenvalue weighted by atomic mass is 9.80. The van der Waals surface area contributed by atoms with Gasteiger partial charge in [-0.2, -0.15) is 0 Å². The highest BCUT2D eigenvalue weighted by Crippen LogP contribution is 2.32. The molecule has 1 aromatic rings. The topological polar surface area (TPSA) is 12.0 Å². The zero-order valence-corrected chi connectivity index (χ0v) is 12.3. The summed E-state index contributed by atoms with van der Waals surface area (Å²) in [5.41, 5.74) is 1.50. The highest BCUT2D eigenvalue weighted by Gasteiger charge is 2.25. The van der Waals surface area contributed by atoms with Gasteiger partial charge in [0.2, 0.25) is 0 Å². The molecule has 2 rings (SSSR count). The highest BCUT2D eigenvalue weighted by atomic mass is 32.2. The van der Waals surface area contributed by atoms with Crippen LogP contribution in [0.3, 0.4) is 0 Å². The number of terminal acetylenes is 1. The molecule has 102 valence electrons. The Morgan fingerprint density at radius 3 is 2.79 bits per heavy atom. The van der Waals surface area contributed by atoms with Gasteiger partial charge < -0.3 is 5.32 Å². The van der Waals surface area contributed by atoms with Crippen LogP contribution in [0.1, 0.15) is 37.2 Å². The number of benzene rings is 1. The average molecular weight is 273 g/mol. The maximum Gasteiger partial charge on any atom is 0.0545 e. The van der Waals surface area contributed by atoms with Crippen molar-refractivity contribution in [3.63, 3.8) is 0 Å². The Hall–Kier alpha value is -0.910. The molecule has 1 nitrogen and oxygen atoms in total. The number of hydrogen-bond donors (Lipinski definition) is 1. The molecule has 19 heavy (non-hydrogen) atoms. The van der Waals surface area contributed by atoms with Gasteiger partial charge in [-0.25, -0.2) is 0 Å². The Balaban J connectivity index is 1.85. The zero-order valence-electron chi connectivity index (χ0n) is 11.5. The molecule has 2 unspecified atom stereocenters. The second-order valence-corrected chi connectivity index (χ2v) is 6.22. The summed E-state index contributed by atoms with van der Waals surface area (Å²) in [5, 5.41) is 3.74.